The summed E-state index contributed by atoms with van der Waals surface area (Å²) in [6.45, 7) is 0.758. The highest BCUT2D eigenvalue weighted by atomic mass is 16.5. The number of fused-ring (bicyclic) bond motifs is 1. The van der Waals surface area contributed by atoms with E-state index in [1.165, 1.54) is 10.9 Å². The Morgan fingerprint density at radius 1 is 0.950 bits per heavy atom. The van der Waals surface area contributed by atoms with E-state index in [-0.39, 0.29) is 0 Å². The monoisotopic (exact) mass is 267 g/mol. The largest absolute Gasteiger partial charge is 0.497 e. The van der Waals surface area contributed by atoms with Crippen LogP contribution in [0.3, 0.4) is 0 Å². The Kier molecular flexibility index (Phi) is 3.33. The van der Waals surface area contributed by atoms with Crippen LogP contribution in [0.1, 0.15) is 5.56 Å². The fourth-order valence-electron chi connectivity index (χ4n) is 2.47. The number of hydrogen-bond donors (Lipinski definition) is 0. The molecule has 1 heterocycles. The average Bonchev–Trinajstić information content (AvgIpc) is 2.90. The van der Waals surface area contributed by atoms with E-state index in [2.05, 4.69) is 41.1 Å². The molecule has 0 N–H and O–H groups in total. The van der Waals surface area contributed by atoms with E-state index >= 15 is 0 Å². The highest BCUT2D eigenvalue weighted by Crippen LogP contribution is 2.26. The number of aromatic nitrogens is 1. The van der Waals surface area contributed by atoms with Gasteiger partial charge in [-0.2, -0.15) is 0 Å². The lowest BCUT2D eigenvalue weighted by Crippen LogP contribution is -2.01. The second kappa shape index (κ2) is 5.29. The van der Waals surface area contributed by atoms with Gasteiger partial charge in [-0.15, -0.1) is 0 Å². The summed E-state index contributed by atoms with van der Waals surface area (Å²) >= 11 is 0. The molecular weight excluding hydrogens is 250 g/mol. The van der Waals surface area contributed by atoms with Crippen molar-refractivity contribution in [1.29, 1.82) is 0 Å². The predicted molar refractivity (Wildman–Crippen MR) is 80.6 cm³/mol. The van der Waals surface area contributed by atoms with Crippen molar-refractivity contribution in [2.45, 2.75) is 6.54 Å². The molecule has 0 saturated heterocycles. The van der Waals surface area contributed by atoms with E-state index in [1.807, 2.05) is 18.2 Å². The van der Waals surface area contributed by atoms with Gasteiger partial charge in [-0.3, -0.25) is 0 Å². The standard InChI is InChI=1S/C17H17NO2/c1-19-15-7-8-17(20-2)14(11-15)12-18-10-9-13-5-3-4-6-16(13)18/h3-11H,12H2,1-2H3. The van der Waals surface area contributed by atoms with Crippen LogP contribution in [0, 0.1) is 0 Å². The average molecular weight is 267 g/mol. The summed E-state index contributed by atoms with van der Waals surface area (Å²) in [4.78, 5) is 0. The summed E-state index contributed by atoms with van der Waals surface area (Å²) in [6, 6.07) is 16.4. The molecule has 0 radical (unpaired) electrons. The molecule has 102 valence electrons. The maximum Gasteiger partial charge on any atom is 0.124 e. The van der Waals surface area contributed by atoms with Crippen LogP contribution in [0.25, 0.3) is 10.9 Å². The molecule has 3 heteroatoms. The SMILES string of the molecule is COc1ccc(OC)c(Cn2ccc3ccccc32)c1. The van der Waals surface area contributed by atoms with Crippen LogP contribution in [0.15, 0.2) is 54.7 Å². The Morgan fingerprint density at radius 3 is 2.60 bits per heavy atom. The van der Waals surface area contributed by atoms with Gasteiger partial charge in [0, 0.05) is 17.3 Å². The molecule has 0 spiro atoms. The fourth-order valence-corrected chi connectivity index (χ4v) is 2.47. The van der Waals surface area contributed by atoms with Crippen molar-refractivity contribution in [2.75, 3.05) is 14.2 Å². The summed E-state index contributed by atoms with van der Waals surface area (Å²) in [5.41, 5.74) is 2.32. The zero-order valence-corrected chi connectivity index (χ0v) is 11.7. The van der Waals surface area contributed by atoms with Gasteiger partial charge in [0.2, 0.25) is 0 Å². The van der Waals surface area contributed by atoms with Crippen molar-refractivity contribution in [3.8, 4) is 11.5 Å². The number of hydrogen-bond acceptors (Lipinski definition) is 2. The molecule has 3 rings (SSSR count). The molecular formula is C17H17NO2. The quantitative estimate of drug-likeness (QED) is 0.719. The maximum atomic E-state index is 5.44. The first-order valence-corrected chi connectivity index (χ1v) is 6.56. The van der Waals surface area contributed by atoms with Gasteiger partial charge < -0.3 is 14.0 Å². The predicted octanol–water partition coefficient (Wildman–Crippen LogP) is 3.71. The number of ether oxygens (including phenoxy) is 2. The minimum Gasteiger partial charge on any atom is -0.497 e. The van der Waals surface area contributed by atoms with E-state index in [1.54, 1.807) is 14.2 Å². The smallest absolute Gasteiger partial charge is 0.124 e. The summed E-state index contributed by atoms with van der Waals surface area (Å²) < 4.78 is 12.9. The Hall–Kier alpha value is -2.42. The first-order valence-electron chi connectivity index (χ1n) is 6.56. The van der Waals surface area contributed by atoms with Gasteiger partial charge >= 0.3 is 0 Å². The minimum absolute atomic E-state index is 0.758. The van der Waals surface area contributed by atoms with Crippen molar-refractivity contribution in [2.24, 2.45) is 0 Å². The molecule has 0 aliphatic carbocycles. The minimum atomic E-state index is 0.758. The van der Waals surface area contributed by atoms with Gasteiger partial charge in [-0.1, -0.05) is 18.2 Å². The number of methoxy groups -OCH3 is 2. The second-order valence-corrected chi connectivity index (χ2v) is 4.68. The molecule has 3 nitrogen and oxygen atoms in total. The molecule has 0 saturated carbocycles. The summed E-state index contributed by atoms with van der Waals surface area (Å²) in [5.74, 6) is 1.72. The molecule has 0 aliphatic heterocycles. The van der Waals surface area contributed by atoms with Crippen molar-refractivity contribution in [3.63, 3.8) is 0 Å². The van der Waals surface area contributed by atoms with E-state index in [0.717, 1.165) is 23.6 Å². The van der Waals surface area contributed by atoms with Gasteiger partial charge in [0.05, 0.1) is 20.8 Å². The molecule has 3 aromatic rings. The third-order valence-electron chi connectivity index (χ3n) is 3.51. The van der Waals surface area contributed by atoms with Gasteiger partial charge in [0.25, 0.3) is 0 Å². The Morgan fingerprint density at radius 2 is 1.80 bits per heavy atom. The van der Waals surface area contributed by atoms with Crippen LogP contribution >= 0.6 is 0 Å². The summed E-state index contributed by atoms with van der Waals surface area (Å²) in [5, 5.41) is 1.24. The van der Waals surface area contributed by atoms with Gasteiger partial charge in [-0.05, 0) is 35.7 Å². The van der Waals surface area contributed by atoms with Gasteiger partial charge in [0.15, 0.2) is 0 Å². The summed E-state index contributed by atoms with van der Waals surface area (Å²) in [7, 11) is 3.37. The first-order chi connectivity index (χ1) is 9.81. The fraction of sp³-hybridized carbons (Fsp3) is 0.176. The molecule has 0 amide bonds. The molecule has 0 bridgehead atoms. The molecule has 0 fully saturated rings. The zero-order valence-electron chi connectivity index (χ0n) is 11.7. The number of rotatable bonds is 4. The Labute approximate surface area is 118 Å². The van der Waals surface area contributed by atoms with Crippen LogP contribution < -0.4 is 9.47 Å². The topological polar surface area (TPSA) is 23.4 Å². The van der Waals surface area contributed by atoms with E-state index in [9.17, 15) is 0 Å². The van der Waals surface area contributed by atoms with Crippen molar-refractivity contribution in [3.05, 3.63) is 60.3 Å². The van der Waals surface area contributed by atoms with Crippen molar-refractivity contribution < 1.29 is 9.47 Å². The second-order valence-electron chi connectivity index (χ2n) is 4.68. The highest BCUT2D eigenvalue weighted by Gasteiger charge is 2.07. The normalized spacial score (nSPS) is 10.7. The number of benzene rings is 2. The van der Waals surface area contributed by atoms with Crippen LogP contribution in [0.5, 0.6) is 11.5 Å². The van der Waals surface area contributed by atoms with Crippen LogP contribution in [-0.4, -0.2) is 18.8 Å². The third-order valence-corrected chi connectivity index (χ3v) is 3.51. The van der Waals surface area contributed by atoms with Crippen LogP contribution in [0.4, 0.5) is 0 Å². The molecule has 0 aliphatic rings. The van der Waals surface area contributed by atoms with Crippen molar-refractivity contribution in [1.82, 2.24) is 4.57 Å². The van der Waals surface area contributed by atoms with Crippen molar-refractivity contribution >= 4 is 10.9 Å². The molecule has 0 unspecified atom stereocenters. The third kappa shape index (κ3) is 2.23. The molecule has 1 aromatic heterocycles. The Balaban J connectivity index is 2.01. The van der Waals surface area contributed by atoms with Gasteiger partial charge in [0.1, 0.15) is 11.5 Å². The maximum absolute atomic E-state index is 5.44. The first kappa shape index (κ1) is 12.6. The number of nitrogens with zero attached hydrogens (tertiary/aromatic N) is 1. The van der Waals surface area contributed by atoms with E-state index in [0.29, 0.717) is 0 Å². The molecule has 20 heavy (non-hydrogen) atoms. The van der Waals surface area contributed by atoms with Crippen LogP contribution in [0.2, 0.25) is 0 Å². The summed E-state index contributed by atoms with van der Waals surface area (Å²) in [6.07, 6.45) is 2.10. The van der Waals surface area contributed by atoms with Gasteiger partial charge in [-0.25, -0.2) is 0 Å². The van der Waals surface area contributed by atoms with E-state index in [4.69, 9.17) is 9.47 Å². The van der Waals surface area contributed by atoms with E-state index < -0.39 is 0 Å². The lowest BCUT2D eigenvalue weighted by atomic mass is 10.2. The van der Waals surface area contributed by atoms with Crippen LogP contribution in [-0.2, 0) is 6.54 Å². The Bertz CT molecular complexity index is 731. The lowest BCUT2D eigenvalue weighted by molar-refractivity contribution is 0.398. The molecule has 2 aromatic carbocycles. The number of para-hydroxylation sites is 1. The zero-order chi connectivity index (χ0) is 13.9. The highest BCUT2D eigenvalue weighted by molar-refractivity contribution is 5.80. The molecule has 0 atom stereocenters. The lowest BCUT2D eigenvalue weighted by Gasteiger charge is -2.12.